The van der Waals surface area contributed by atoms with Crippen LogP contribution in [0, 0.1) is 0 Å². The lowest BCUT2D eigenvalue weighted by molar-refractivity contribution is -0.142. The summed E-state index contributed by atoms with van der Waals surface area (Å²) in [6.07, 6.45) is 3.46. The number of carbonyl (C=O) groups is 2. The smallest absolute Gasteiger partial charge is 0.251 e. The number of ether oxygens (including phenoxy) is 1. The summed E-state index contributed by atoms with van der Waals surface area (Å²) in [4.78, 5) is 25.0. The fourth-order valence-electron chi connectivity index (χ4n) is 2.56. The maximum absolute atomic E-state index is 12.1. The molecule has 2 amide bonds. The molecule has 1 N–H and O–H groups in total. The lowest BCUT2D eigenvalue weighted by Crippen LogP contribution is -2.51. The Morgan fingerprint density at radius 3 is 2.76 bits per heavy atom. The van der Waals surface area contributed by atoms with Gasteiger partial charge in [-0.3, -0.25) is 9.59 Å². The topological polar surface area (TPSA) is 58.6 Å². The van der Waals surface area contributed by atoms with Crippen LogP contribution >= 0.6 is 0 Å². The van der Waals surface area contributed by atoms with Gasteiger partial charge in [-0.2, -0.15) is 0 Å². The van der Waals surface area contributed by atoms with E-state index in [1.807, 2.05) is 4.90 Å². The second kappa shape index (κ2) is 5.49. The average molecular weight is 240 g/mol. The molecule has 0 bridgehead atoms. The molecule has 17 heavy (non-hydrogen) atoms. The quantitative estimate of drug-likeness (QED) is 0.755. The van der Waals surface area contributed by atoms with E-state index in [1.165, 1.54) is 6.92 Å². The predicted molar refractivity (Wildman–Crippen MR) is 62.4 cm³/mol. The summed E-state index contributed by atoms with van der Waals surface area (Å²) in [5, 5.41) is 2.88. The number of nitrogens with zero attached hydrogens (tertiary/aromatic N) is 1. The minimum absolute atomic E-state index is 0.0265. The zero-order valence-electron chi connectivity index (χ0n) is 10.3. The molecule has 2 aliphatic rings. The molecule has 0 aromatic heterocycles. The second-order valence-electron chi connectivity index (χ2n) is 4.83. The number of nitrogens with one attached hydrogen (secondary N) is 1. The highest BCUT2D eigenvalue weighted by molar-refractivity contribution is 5.81. The van der Waals surface area contributed by atoms with Gasteiger partial charge in [0.05, 0.1) is 0 Å². The summed E-state index contributed by atoms with van der Waals surface area (Å²) in [5.41, 5.74) is 0. The van der Waals surface area contributed by atoms with E-state index < -0.39 is 0 Å². The van der Waals surface area contributed by atoms with Gasteiger partial charge in [0, 0.05) is 32.7 Å². The van der Waals surface area contributed by atoms with Gasteiger partial charge in [0.15, 0.2) is 0 Å². The van der Waals surface area contributed by atoms with Crippen molar-refractivity contribution in [2.24, 2.45) is 0 Å². The maximum Gasteiger partial charge on any atom is 0.251 e. The Hall–Kier alpha value is -1.10. The normalized spacial score (nSPS) is 29.1. The number of piperidine rings is 1. The minimum atomic E-state index is -0.244. The van der Waals surface area contributed by atoms with Gasteiger partial charge < -0.3 is 15.0 Å². The maximum atomic E-state index is 12.1. The highest BCUT2D eigenvalue weighted by Gasteiger charge is 2.31. The first-order valence-electron chi connectivity index (χ1n) is 6.34. The van der Waals surface area contributed by atoms with E-state index in [0.717, 1.165) is 32.2 Å². The summed E-state index contributed by atoms with van der Waals surface area (Å²) < 4.78 is 5.41. The number of amides is 2. The molecule has 0 aliphatic carbocycles. The van der Waals surface area contributed by atoms with Crippen LogP contribution in [-0.2, 0) is 14.3 Å². The Bertz CT molecular complexity index is 300. The molecule has 0 radical (unpaired) electrons. The number of carbonyl (C=O) groups excluding carboxylic acids is 2. The van der Waals surface area contributed by atoms with Crippen LogP contribution in [-0.4, -0.2) is 48.6 Å². The van der Waals surface area contributed by atoms with Crippen LogP contribution in [0.4, 0.5) is 0 Å². The third kappa shape index (κ3) is 3.19. The van der Waals surface area contributed by atoms with Gasteiger partial charge >= 0.3 is 0 Å². The van der Waals surface area contributed by atoms with Gasteiger partial charge in [-0.15, -0.1) is 0 Å². The fraction of sp³-hybridized carbons (Fsp3) is 0.833. The number of rotatable bonds is 2. The molecular weight excluding hydrogens is 220 g/mol. The summed E-state index contributed by atoms with van der Waals surface area (Å²) >= 11 is 0. The van der Waals surface area contributed by atoms with Crippen molar-refractivity contribution in [3.05, 3.63) is 0 Å². The lowest BCUT2D eigenvalue weighted by atomic mass is 10.0. The predicted octanol–water partition coefficient (Wildman–Crippen LogP) is 0.293. The summed E-state index contributed by atoms with van der Waals surface area (Å²) in [7, 11) is 0. The molecule has 96 valence electrons. The van der Waals surface area contributed by atoms with Crippen molar-refractivity contribution in [1.29, 1.82) is 0 Å². The van der Waals surface area contributed by atoms with E-state index in [-0.39, 0.29) is 24.0 Å². The van der Waals surface area contributed by atoms with Gasteiger partial charge in [-0.1, -0.05) is 0 Å². The van der Waals surface area contributed by atoms with Crippen LogP contribution in [0.2, 0.25) is 0 Å². The minimum Gasteiger partial charge on any atom is -0.368 e. The first-order chi connectivity index (χ1) is 8.16. The van der Waals surface area contributed by atoms with Gasteiger partial charge in [0.2, 0.25) is 5.91 Å². The molecule has 2 saturated heterocycles. The van der Waals surface area contributed by atoms with Crippen LogP contribution in [0.1, 0.15) is 32.6 Å². The highest BCUT2D eigenvalue weighted by atomic mass is 16.5. The third-order valence-corrected chi connectivity index (χ3v) is 3.35. The van der Waals surface area contributed by atoms with Crippen LogP contribution in [0.25, 0.3) is 0 Å². The van der Waals surface area contributed by atoms with E-state index in [9.17, 15) is 9.59 Å². The van der Waals surface area contributed by atoms with E-state index >= 15 is 0 Å². The Kier molecular flexibility index (Phi) is 3.99. The van der Waals surface area contributed by atoms with Crippen molar-refractivity contribution in [3.63, 3.8) is 0 Å². The molecule has 2 rings (SSSR count). The van der Waals surface area contributed by atoms with Gasteiger partial charge in [0.1, 0.15) is 6.10 Å². The average Bonchev–Trinajstić information content (AvgIpc) is 2.81. The highest BCUT2D eigenvalue weighted by Crippen LogP contribution is 2.18. The SMILES string of the molecule is CC(=O)NC1CCCN(C(=O)C2CCCO2)C1. The monoisotopic (exact) mass is 240 g/mol. The van der Waals surface area contributed by atoms with Crippen molar-refractivity contribution < 1.29 is 14.3 Å². The van der Waals surface area contributed by atoms with Crippen molar-refractivity contribution in [2.75, 3.05) is 19.7 Å². The van der Waals surface area contributed by atoms with Gasteiger partial charge in [0.25, 0.3) is 5.91 Å². The van der Waals surface area contributed by atoms with Crippen LogP contribution in [0.3, 0.4) is 0 Å². The molecule has 0 saturated carbocycles. The van der Waals surface area contributed by atoms with Crippen LogP contribution < -0.4 is 5.32 Å². The molecule has 2 fully saturated rings. The number of hydrogen-bond donors (Lipinski definition) is 1. The molecule has 0 aromatic rings. The molecule has 0 aromatic carbocycles. The van der Waals surface area contributed by atoms with Crippen molar-refractivity contribution >= 4 is 11.8 Å². The Morgan fingerprint density at radius 1 is 1.29 bits per heavy atom. The Balaban J connectivity index is 1.87. The molecule has 5 heteroatoms. The van der Waals surface area contributed by atoms with Crippen LogP contribution in [0.15, 0.2) is 0 Å². The lowest BCUT2D eigenvalue weighted by Gasteiger charge is -2.34. The zero-order chi connectivity index (χ0) is 12.3. The number of likely N-dealkylation sites (tertiary alicyclic amines) is 1. The molecular formula is C12H20N2O3. The van der Waals surface area contributed by atoms with E-state index in [1.54, 1.807) is 0 Å². The first-order valence-corrected chi connectivity index (χ1v) is 6.34. The van der Waals surface area contributed by atoms with Crippen LogP contribution in [0.5, 0.6) is 0 Å². The molecule has 2 atom stereocenters. The van der Waals surface area contributed by atoms with E-state index in [0.29, 0.717) is 13.2 Å². The van der Waals surface area contributed by atoms with Crippen molar-refractivity contribution in [1.82, 2.24) is 10.2 Å². The third-order valence-electron chi connectivity index (χ3n) is 3.35. The molecule has 0 spiro atoms. The standard InChI is InChI=1S/C12H20N2O3/c1-9(15)13-10-4-2-6-14(8-10)12(16)11-5-3-7-17-11/h10-11H,2-8H2,1H3,(H,13,15). The largest absolute Gasteiger partial charge is 0.368 e. The Labute approximate surface area is 101 Å². The van der Waals surface area contributed by atoms with Crippen molar-refractivity contribution in [2.45, 2.75) is 44.8 Å². The zero-order valence-corrected chi connectivity index (χ0v) is 10.3. The second-order valence-corrected chi connectivity index (χ2v) is 4.83. The molecule has 5 nitrogen and oxygen atoms in total. The molecule has 2 aliphatic heterocycles. The fourth-order valence-corrected chi connectivity index (χ4v) is 2.56. The number of hydrogen-bond acceptors (Lipinski definition) is 3. The summed E-state index contributed by atoms with van der Waals surface area (Å²) in [6, 6.07) is 0.103. The van der Waals surface area contributed by atoms with E-state index in [4.69, 9.17) is 4.74 Å². The van der Waals surface area contributed by atoms with E-state index in [2.05, 4.69) is 5.32 Å². The molecule has 2 heterocycles. The summed E-state index contributed by atoms with van der Waals surface area (Å²) in [6.45, 7) is 3.62. The van der Waals surface area contributed by atoms with Gasteiger partial charge in [-0.25, -0.2) is 0 Å². The van der Waals surface area contributed by atoms with Crippen molar-refractivity contribution in [3.8, 4) is 0 Å². The molecule has 2 unspecified atom stereocenters. The first kappa shape index (κ1) is 12.4. The Morgan fingerprint density at radius 2 is 2.12 bits per heavy atom. The van der Waals surface area contributed by atoms with Gasteiger partial charge in [-0.05, 0) is 25.7 Å². The summed E-state index contributed by atoms with van der Waals surface area (Å²) in [5.74, 6) is 0.0685.